The predicted molar refractivity (Wildman–Crippen MR) is 73.3 cm³/mol. The molecule has 0 radical (unpaired) electrons. The van der Waals surface area contributed by atoms with Gasteiger partial charge >= 0.3 is 0 Å². The summed E-state index contributed by atoms with van der Waals surface area (Å²) in [6, 6.07) is 6.65. The first-order valence-electron chi connectivity index (χ1n) is 6.29. The van der Waals surface area contributed by atoms with Gasteiger partial charge in [-0.05, 0) is 36.0 Å². The molecule has 96 valence electrons. The van der Waals surface area contributed by atoms with E-state index >= 15 is 0 Å². The SMILES string of the molecule is Cc1ccc(C(C)(C)C)cc1CNCC(C)O. The molecule has 1 rings (SSSR count). The molecule has 17 heavy (non-hydrogen) atoms. The Morgan fingerprint density at radius 3 is 2.47 bits per heavy atom. The van der Waals surface area contributed by atoms with E-state index in [0.29, 0.717) is 6.54 Å². The highest BCUT2D eigenvalue weighted by Gasteiger charge is 2.14. The Morgan fingerprint density at radius 1 is 1.29 bits per heavy atom. The van der Waals surface area contributed by atoms with Crippen LogP contribution in [0.25, 0.3) is 0 Å². The smallest absolute Gasteiger partial charge is 0.0636 e. The van der Waals surface area contributed by atoms with Crippen LogP contribution < -0.4 is 5.32 Å². The molecule has 0 aromatic heterocycles. The number of aliphatic hydroxyl groups is 1. The van der Waals surface area contributed by atoms with Crippen molar-refractivity contribution in [1.82, 2.24) is 5.32 Å². The Labute approximate surface area is 105 Å². The lowest BCUT2D eigenvalue weighted by molar-refractivity contribution is 0.191. The van der Waals surface area contributed by atoms with Gasteiger partial charge in [0.2, 0.25) is 0 Å². The van der Waals surface area contributed by atoms with Crippen molar-refractivity contribution in [1.29, 1.82) is 0 Å². The number of hydrogen-bond donors (Lipinski definition) is 2. The zero-order valence-corrected chi connectivity index (χ0v) is 11.7. The molecule has 1 aromatic carbocycles. The van der Waals surface area contributed by atoms with Crippen LogP contribution >= 0.6 is 0 Å². The van der Waals surface area contributed by atoms with Gasteiger partial charge in [0.25, 0.3) is 0 Å². The molecule has 0 spiro atoms. The predicted octanol–water partition coefficient (Wildman–Crippen LogP) is 2.76. The molecule has 0 saturated heterocycles. The Bertz CT molecular complexity index is 364. The lowest BCUT2D eigenvalue weighted by atomic mass is 9.85. The average molecular weight is 235 g/mol. The third-order valence-electron chi connectivity index (χ3n) is 2.97. The number of rotatable bonds is 4. The van der Waals surface area contributed by atoms with E-state index in [1.54, 1.807) is 6.92 Å². The molecule has 0 aliphatic rings. The summed E-state index contributed by atoms with van der Waals surface area (Å²) in [6.45, 7) is 12.1. The van der Waals surface area contributed by atoms with E-state index in [1.165, 1.54) is 16.7 Å². The van der Waals surface area contributed by atoms with Gasteiger partial charge in [-0.15, -0.1) is 0 Å². The summed E-state index contributed by atoms with van der Waals surface area (Å²) in [6.07, 6.45) is -0.291. The number of hydrogen-bond acceptors (Lipinski definition) is 2. The van der Waals surface area contributed by atoms with Crippen molar-refractivity contribution in [3.63, 3.8) is 0 Å². The van der Waals surface area contributed by atoms with Crippen molar-refractivity contribution in [2.75, 3.05) is 6.54 Å². The van der Waals surface area contributed by atoms with Crippen molar-refractivity contribution < 1.29 is 5.11 Å². The van der Waals surface area contributed by atoms with Gasteiger partial charge in [0, 0.05) is 13.1 Å². The lowest BCUT2D eigenvalue weighted by Crippen LogP contribution is -2.24. The third kappa shape index (κ3) is 4.49. The minimum absolute atomic E-state index is 0.187. The summed E-state index contributed by atoms with van der Waals surface area (Å²) < 4.78 is 0. The molecule has 0 amide bonds. The Balaban J connectivity index is 2.77. The quantitative estimate of drug-likeness (QED) is 0.841. The van der Waals surface area contributed by atoms with Crippen LogP contribution in [0.3, 0.4) is 0 Å². The zero-order valence-electron chi connectivity index (χ0n) is 11.7. The maximum Gasteiger partial charge on any atom is 0.0636 e. The van der Waals surface area contributed by atoms with Crippen LogP contribution in [0.2, 0.25) is 0 Å². The summed E-state index contributed by atoms with van der Waals surface area (Å²) in [5.74, 6) is 0. The first-order chi connectivity index (χ1) is 7.80. The molecule has 1 atom stereocenters. The molecular weight excluding hydrogens is 210 g/mol. The van der Waals surface area contributed by atoms with Gasteiger partial charge in [0.05, 0.1) is 6.10 Å². The number of benzene rings is 1. The van der Waals surface area contributed by atoms with Crippen LogP contribution in [0.15, 0.2) is 18.2 Å². The first-order valence-corrected chi connectivity index (χ1v) is 6.29. The standard InChI is InChI=1S/C15H25NO/c1-11-6-7-14(15(3,4)5)8-13(11)10-16-9-12(2)17/h6-8,12,16-17H,9-10H2,1-5H3. The summed E-state index contributed by atoms with van der Waals surface area (Å²) in [5, 5.41) is 12.5. The maximum absolute atomic E-state index is 9.22. The van der Waals surface area contributed by atoms with Crippen molar-refractivity contribution >= 4 is 0 Å². The van der Waals surface area contributed by atoms with Crippen LogP contribution in [0.4, 0.5) is 0 Å². The van der Waals surface area contributed by atoms with Crippen molar-refractivity contribution in [3.8, 4) is 0 Å². The minimum atomic E-state index is -0.291. The topological polar surface area (TPSA) is 32.3 Å². The highest BCUT2D eigenvalue weighted by molar-refractivity contribution is 5.34. The molecule has 1 aromatic rings. The van der Waals surface area contributed by atoms with Crippen LogP contribution in [0.5, 0.6) is 0 Å². The molecular formula is C15H25NO. The van der Waals surface area contributed by atoms with E-state index < -0.39 is 0 Å². The highest BCUT2D eigenvalue weighted by Crippen LogP contribution is 2.24. The van der Waals surface area contributed by atoms with Gasteiger partial charge in [-0.25, -0.2) is 0 Å². The molecule has 0 aliphatic carbocycles. The van der Waals surface area contributed by atoms with Crippen LogP contribution in [-0.2, 0) is 12.0 Å². The number of aliphatic hydroxyl groups excluding tert-OH is 1. The van der Waals surface area contributed by atoms with Crippen molar-refractivity contribution in [3.05, 3.63) is 34.9 Å². The Kier molecular flexibility index (Phi) is 4.72. The minimum Gasteiger partial charge on any atom is -0.392 e. The van der Waals surface area contributed by atoms with E-state index in [0.717, 1.165) is 6.54 Å². The van der Waals surface area contributed by atoms with Crippen molar-refractivity contribution in [2.24, 2.45) is 0 Å². The fourth-order valence-corrected chi connectivity index (χ4v) is 1.74. The largest absolute Gasteiger partial charge is 0.392 e. The fraction of sp³-hybridized carbons (Fsp3) is 0.600. The van der Waals surface area contributed by atoms with Gasteiger partial charge in [0.1, 0.15) is 0 Å². The van der Waals surface area contributed by atoms with Gasteiger partial charge in [-0.1, -0.05) is 39.0 Å². The summed E-state index contributed by atoms with van der Waals surface area (Å²) in [5.41, 5.74) is 4.17. The van der Waals surface area contributed by atoms with E-state index in [-0.39, 0.29) is 11.5 Å². The average Bonchev–Trinajstić information content (AvgIpc) is 2.18. The molecule has 0 bridgehead atoms. The lowest BCUT2D eigenvalue weighted by Gasteiger charge is -2.21. The Hall–Kier alpha value is -0.860. The van der Waals surface area contributed by atoms with Crippen LogP contribution in [0.1, 0.15) is 44.4 Å². The summed E-state index contributed by atoms with van der Waals surface area (Å²) >= 11 is 0. The molecule has 0 aliphatic heterocycles. The Morgan fingerprint density at radius 2 is 1.94 bits per heavy atom. The van der Waals surface area contributed by atoms with Crippen molar-refractivity contribution in [2.45, 2.75) is 52.7 Å². The number of aryl methyl sites for hydroxylation is 1. The molecule has 2 nitrogen and oxygen atoms in total. The second-order valence-corrected chi connectivity index (χ2v) is 5.87. The molecule has 0 saturated carbocycles. The van der Waals surface area contributed by atoms with Gasteiger partial charge < -0.3 is 10.4 Å². The monoisotopic (exact) mass is 235 g/mol. The molecule has 2 heteroatoms. The van der Waals surface area contributed by atoms with Crippen LogP contribution in [0, 0.1) is 6.92 Å². The number of nitrogens with one attached hydrogen (secondary N) is 1. The molecule has 2 N–H and O–H groups in total. The van der Waals surface area contributed by atoms with E-state index in [2.05, 4.69) is 51.2 Å². The van der Waals surface area contributed by atoms with E-state index in [1.807, 2.05) is 0 Å². The second-order valence-electron chi connectivity index (χ2n) is 5.87. The highest BCUT2D eigenvalue weighted by atomic mass is 16.3. The van der Waals surface area contributed by atoms with E-state index in [4.69, 9.17) is 0 Å². The zero-order chi connectivity index (χ0) is 13.1. The van der Waals surface area contributed by atoms with Gasteiger partial charge in [0.15, 0.2) is 0 Å². The maximum atomic E-state index is 9.22. The summed E-state index contributed by atoms with van der Waals surface area (Å²) in [4.78, 5) is 0. The first kappa shape index (κ1) is 14.2. The third-order valence-corrected chi connectivity index (χ3v) is 2.97. The van der Waals surface area contributed by atoms with E-state index in [9.17, 15) is 5.11 Å². The normalized spacial score (nSPS) is 13.8. The molecule has 0 fully saturated rings. The van der Waals surface area contributed by atoms with Crippen LogP contribution in [-0.4, -0.2) is 17.8 Å². The fourth-order valence-electron chi connectivity index (χ4n) is 1.74. The second kappa shape index (κ2) is 5.65. The molecule has 1 unspecified atom stereocenters. The summed E-state index contributed by atoms with van der Waals surface area (Å²) in [7, 11) is 0. The van der Waals surface area contributed by atoms with Gasteiger partial charge in [-0.3, -0.25) is 0 Å². The molecule has 0 heterocycles. The van der Waals surface area contributed by atoms with Gasteiger partial charge in [-0.2, -0.15) is 0 Å².